The Bertz CT molecular complexity index is 561. The third kappa shape index (κ3) is 4.63. The second-order valence-electron chi connectivity index (χ2n) is 4.06. The van der Waals surface area contributed by atoms with E-state index >= 15 is 0 Å². The van der Waals surface area contributed by atoms with Gasteiger partial charge >= 0.3 is 0 Å². The van der Waals surface area contributed by atoms with Gasteiger partial charge in [0, 0.05) is 13.6 Å². The summed E-state index contributed by atoms with van der Waals surface area (Å²) in [4.78, 5) is 13.0. The van der Waals surface area contributed by atoms with Crippen molar-refractivity contribution in [3.8, 4) is 6.07 Å². The zero-order valence-corrected chi connectivity index (χ0v) is 12.3. The fourth-order valence-corrected chi connectivity index (χ4v) is 3.34. The van der Waals surface area contributed by atoms with Crippen LogP contribution in [0.3, 0.4) is 0 Å². The number of amides is 1. The van der Waals surface area contributed by atoms with Crippen LogP contribution in [0.15, 0.2) is 21.7 Å². The summed E-state index contributed by atoms with van der Waals surface area (Å²) in [5.74, 6) is -0.662. The van der Waals surface area contributed by atoms with Crippen LogP contribution in [-0.4, -0.2) is 39.4 Å². The molecule has 8 heteroatoms. The Morgan fingerprint density at radius 3 is 2.84 bits per heavy atom. The average molecular weight is 301 g/mol. The highest BCUT2D eigenvalue weighted by Gasteiger charge is 2.18. The maximum Gasteiger partial charge on any atom is 0.250 e. The van der Waals surface area contributed by atoms with Gasteiger partial charge in [-0.15, -0.1) is 11.3 Å². The molecule has 0 saturated heterocycles. The molecule has 0 bridgehead atoms. The Balaban J connectivity index is 2.53. The minimum absolute atomic E-state index is 0.174. The molecule has 1 amide bonds. The van der Waals surface area contributed by atoms with Crippen LogP contribution in [0.2, 0.25) is 0 Å². The molecule has 6 nitrogen and oxygen atoms in total. The van der Waals surface area contributed by atoms with Gasteiger partial charge in [-0.2, -0.15) is 5.26 Å². The predicted octanol–water partition coefficient (Wildman–Crippen LogP) is 0.644. The van der Waals surface area contributed by atoms with E-state index in [1.807, 2.05) is 6.07 Å². The number of nitrogens with one attached hydrogen (secondary N) is 1. The molecule has 0 radical (unpaired) electrons. The Kier molecular flexibility index (Phi) is 5.47. The van der Waals surface area contributed by atoms with Crippen molar-refractivity contribution in [2.75, 3.05) is 20.1 Å². The lowest BCUT2D eigenvalue weighted by Crippen LogP contribution is -2.39. The highest BCUT2D eigenvalue weighted by atomic mass is 32.2. The summed E-state index contributed by atoms with van der Waals surface area (Å²) >= 11 is 1.09. The molecule has 1 heterocycles. The molecule has 1 rings (SSSR count). The summed E-state index contributed by atoms with van der Waals surface area (Å²) in [6.07, 6.45) is 0. The maximum atomic E-state index is 11.8. The van der Waals surface area contributed by atoms with E-state index in [-0.39, 0.29) is 29.1 Å². The number of rotatable bonds is 6. The van der Waals surface area contributed by atoms with Gasteiger partial charge < -0.3 is 4.90 Å². The molecule has 0 aliphatic heterocycles. The Labute approximate surface area is 116 Å². The zero-order chi connectivity index (χ0) is 14.5. The van der Waals surface area contributed by atoms with Gasteiger partial charge in [0.15, 0.2) is 0 Å². The summed E-state index contributed by atoms with van der Waals surface area (Å²) in [6.45, 7) is 1.66. The van der Waals surface area contributed by atoms with Crippen molar-refractivity contribution in [1.82, 2.24) is 9.62 Å². The molecular weight excluding hydrogens is 286 g/mol. The first kappa shape index (κ1) is 15.6. The van der Waals surface area contributed by atoms with E-state index in [2.05, 4.69) is 4.72 Å². The van der Waals surface area contributed by atoms with Gasteiger partial charge in [-0.1, -0.05) is 6.07 Å². The SMILES string of the molecule is CC(C#N)CN(C)C(=O)CNS(=O)(=O)c1cccs1. The number of nitrogens with zero attached hydrogens (tertiary/aromatic N) is 2. The second kappa shape index (κ2) is 6.65. The van der Waals surface area contributed by atoms with Crippen molar-refractivity contribution in [1.29, 1.82) is 5.26 Å². The summed E-state index contributed by atoms with van der Waals surface area (Å²) in [6, 6.07) is 5.11. The minimum Gasteiger partial charge on any atom is -0.343 e. The van der Waals surface area contributed by atoms with E-state index in [0.717, 1.165) is 11.3 Å². The van der Waals surface area contributed by atoms with Crippen LogP contribution < -0.4 is 4.72 Å². The number of hydrogen-bond donors (Lipinski definition) is 1. The van der Waals surface area contributed by atoms with Crippen LogP contribution in [0.4, 0.5) is 0 Å². The van der Waals surface area contributed by atoms with Crippen molar-refractivity contribution < 1.29 is 13.2 Å². The monoisotopic (exact) mass is 301 g/mol. The van der Waals surface area contributed by atoms with Crippen LogP contribution in [-0.2, 0) is 14.8 Å². The summed E-state index contributed by atoms with van der Waals surface area (Å²) in [7, 11) is -2.09. The van der Waals surface area contributed by atoms with Gasteiger partial charge in [0.1, 0.15) is 4.21 Å². The molecule has 104 valence electrons. The van der Waals surface area contributed by atoms with Crippen molar-refractivity contribution in [2.24, 2.45) is 5.92 Å². The molecule has 1 atom stereocenters. The standard InChI is InChI=1S/C11H15N3O3S2/c1-9(6-12)8-14(2)10(15)7-13-19(16,17)11-4-3-5-18-11/h3-5,9,13H,7-8H2,1-2H3. The van der Waals surface area contributed by atoms with Crippen molar-refractivity contribution in [2.45, 2.75) is 11.1 Å². The molecule has 1 aromatic heterocycles. The van der Waals surface area contributed by atoms with Gasteiger partial charge in [0.05, 0.1) is 18.5 Å². The van der Waals surface area contributed by atoms with E-state index in [1.54, 1.807) is 18.4 Å². The Morgan fingerprint density at radius 1 is 1.63 bits per heavy atom. The third-order valence-corrected chi connectivity index (χ3v) is 5.17. The van der Waals surface area contributed by atoms with Gasteiger partial charge in [-0.3, -0.25) is 4.79 Å². The van der Waals surface area contributed by atoms with Crippen molar-refractivity contribution in [3.63, 3.8) is 0 Å². The van der Waals surface area contributed by atoms with E-state index in [1.165, 1.54) is 18.0 Å². The molecule has 0 fully saturated rings. The second-order valence-corrected chi connectivity index (χ2v) is 7.00. The zero-order valence-electron chi connectivity index (χ0n) is 10.7. The number of nitriles is 1. The first-order valence-electron chi connectivity index (χ1n) is 5.53. The highest BCUT2D eigenvalue weighted by Crippen LogP contribution is 2.14. The topological polar surface area (TPSA) is 90.3 Å². The molecule has 0 saturated carbocycles. The van der Waals surface area contributed by atoms with Gasteiger partial charge in [-0.05, 0) is 18.4 Å². The van der Waals surface area contributed by atoms with Gasteiger partial charge in [-0.25, -0.2) is 13.1 Å². The first-order valence-corrected chi connectivity index (χ1v) is 7.90. The fourth-order valence-electron chi connectivity index (χ4n) is 1.33. The molecular formula is C11H15N3O3S2. The minimum atomic E-state index is -3.62. The lowest BCUT2D eigenvalue weighted by atomic mass is 10.2. The largest absolute Gasteiger partial charge is 0.343 e. The van der Waals surface area contributed by atoms with Crippen LogP contribution in [0.25, 0.3) is 0 Å². The van der Waals surface area contributed by atoms with Gasteiger partial charge in [0.2, 0.25) is 5.91 Å². The maximum absolute atomic E-state index is 11.8. The van der Waals surface area contributed by atoms with Crippen LogP contribution in [0.1, 0.15) is 6.92 Å². The molecule has 0 aliphatic rings. The smallest absolute Gasteiger partial charge is 0.250 e. The number of likely N-dealkylation sites (N-methyl/N-ethyl adjacent to an activating group) is 1. The normalized spacial score (nSPS) is 12.7. The molecule has 0 aromatic carbocycles. The number of carbonyl (C=O) groups excluding carboxylic acids is 1. The number of thiophene rings is 1. The first-order chi connectivity index (χ1) is 8.86. The predicted molar refractivity (Wildman–Crippen MR) is 71.9 cm³/mol. The van der Waals surface area contributed by atoms with Crippen LogP contribution in [0, 0.1) is 17.2 Å². The van der Waals surface area contributed by atoms with Gasteiger partial charge in [0.25, 0.3) is 10.0 Å². The quantitative estimate of drug-likeness (QED) is 0.835. The lowest BCUT2D eigenvalue weighted by molar-refractivity contribution is -0.128. The molecule has 0 spiro atoms. The number of sulfonamides is 1. The fraction of sp³-hybridized carbons (Fsp3) is 0.455. The lowest BCUT2D eigenvalue weighted by Gasteiger charge is -2.18. The van der Waals surface area contributed by atoms with Crippen molar-refractivity contribution >= 4 is 27.3 Å². The number of carbonyl (C=O) groups is 1. The Hall–Kier alpha value is -1.43. The van der Waals surface area contributed by atoms with E-state index in [4.69, 9.17) is 5.26 Å². The highest BCUT2D eigenvalue weighted by molar-refractivity contribution is 7.91. The van der Waals surface area contributed by atoms with E-state index < -0.39 is 10.0 Å². The van der Waals surface area contributed by atoms with E-state index in [0.29, 0.717) is 0 Å². The summed E-state index contributed by atoms with van der Waals surface area (Å²) < 4.78 is 26.0. The van der Waals surface area contributed by atoms with Crippen LogP contribution >= 0.6 is 11.3 Å². The van der Waals surface area contributed by atoms with Crippen LogP contribution in [0.5, 0.6) is 0 Å². The molecule has 0 aliphatic carbocycles. The molecule has 1 N–H and O–H groups in total. The van der Waals surface area contributed by atoms with Crippen molar-refractivity contribution in [3.05, 3.63) is 17.5 Å². The average Bonchev–Trinajstić information content (AvgIpc) is 2.90. The molecule has 1 unspecified atom stereocenters. The molecule has 19 heavy (non-hydrogen) atoms. The summed E-state index contributed by atoms with van der Waals surface area (Å²) in [5.41, 5.74) is 0. The number of hydrogen-bond acceptors (Lipinski definition) is 5. The van der Waals surface area contributed by atoms with E-state index in [9.17, 15) is 13.2 Å². The molecule has 1 aromatic rings. The summed E-state index contributed by atoms with van der Waals surface area (Å²) in [5, 5.41) is 10.3. The Morgan fingerprint density at radius 2 is 2.32 bits per heavy atom. The third-order valence-electron chi connectivity index (χ3n) is 2.37.